The highest BCUT2D eigenvalue weighted by molar-refractivity contribution is 5.83. The van der Waals surface area contributed by atoms with Gasteiger partial charge in [-0.3, -0.25) is 19.7 Å². The fraction of sp³-hybridized carbons (Fsp3) is 0.417. The van der Waals surface area contributed by atoms with E-state index < -0.39 is 54.9 Å². The molecule has 13 nitrogen and oxygen atoms in total. The van der Waals surface area contributed by atoms with Gasteiger partial charge in [0.2, 0.25) is 12.3 Å². The lowest BCUT2D eigenvalue weighted by Crippen LogP contribution is -2.45. The van der Waals surface area contributed by atoms with Gasteiger partial charge in [-0.15, -0.1) is 0 Å². The Morgan fingerprint density at radius 2 is 2.05 bits per heavy atom. The molecule has 39 heavy (non-hydrogen) atoms. The fourth-order valence-electron chi connectivity index (χ4n) is 3.49. The lowest BCUT2D eigenvalue weighted by molar-refractivity contribution is -0.150. The lowest BCUT2D eigenvalue weighted by atomic mass is 10.1. The van der Waals surface area contributed by atoms with Gasteiger partial charge in [0.1, 0.15) is 25.1 Å². The summed E-state index contributed by atoms with van der Waals surface area (Å²) in [4.78, 5) is 55.8. The number of rotatable bonds is 11. The van der Waals surface area contributed by atoms with Crippen molar-refractivity contribution in [2.75, 3.05) is 25.1 Å². The number of hydrogen-bond donors (Lipinski definition) is 1. The average molecular weight is 552 g/mol. The first kappa shape index (κ1) is 29.2. The Kier molecular flexibility index (Phi) is 10.0. The number of carbonyl (C=O) groups excluding carboxylic acids is 3. The SMILES string of the molecule is C=CCOC(=O)O[C@@H]1[C@@H](COC(=O)CCc2cccnc2)O[C@@H](n2ccc(NC(=O)OCC)nc2=O)C1(F)F. The van der Waals surface area contributed by atoms with Crippen LogP contribution in [-0.4, -0.2) is 70.7 Å². The molecule has 1 saturated heterocycles. The van der Waals surface area contributed by atoms with E-state index in [2.05, 4.69) is 31.3 Å². The molecule has 0 bridgehead atoms. The molecule has 1 fully saturated rings. The first-order valence-corrected chi connectivity index (χ1v) is 11.7. The fourth-order valence-corrected chi connectivity index (χ4v) is 3.49. The number of hydrogen-bond acceptors (Lipinski definition) is 11. The first-order chi connectivity index (χ1) is 18.6. The molecule has 0 unspecified atom stereocenters. The standard InChI is InChI=1S/C24H26F2N4O9/c1-3-12-36-23(34)39-19-16(14-37-18(31)8-7-15-6-5-10-27-13-15)38-20(24(19,25)26)30-11-9-17(28-21(30)32)29-22(33)35-4-2/h3,5-6,9-11,13,16,19-20H,1,4,7-8,12,14H2,2H3,(H,28,29,32,33)/t16-,19-,20-/m1/s1. The van der Waals surface area contributed by atoms with Crippen LogP contribution in [0.15, 0.2) is 54.2 Å². The maximum Gasteiger partial charge on any atom is 0.509 e. The number of halogens is 2. The maximum atomic E-state index is 15.5. The molecule has 1 N–H and O–H groups in total. The maximum absolute atomic E-state index is 15.5. The number of nitrogens with zero attached hydrogens (tertiary/aromatic N) is 3. The van der Waals surface area contributed by atoms with Gasteiger partial charge in [-0.25, -0.2) is 14.4 Å². The minimum atomic E-state index is -4.00. The van der Waals surface area contributed by atoms with Crippen molar-refractivity contribution >= 4 is 24.0 Å². The van der Waals surface area contributed by atoms with Gasteiger partial charge in [-0.05, 0) is 31.0 Å². The van der Waals surface area contributed by atoms with E-state index in [0.717, 1.165) is 17.8 Å². The molecule has 15 heteroatoms. The summed E-state index contributed by atoms with van der Waals surface area (Å²) in [5.74, 6) is -4.98. The third-order valence-corrected chi connectivity index (χ3v) is 5.23. The van der Waals surface area contributed by atoms with Crippen molar-refractivity contribution in [3.05, 3.63) is 65.5 Å². The quantitative estimate of drug-likeness (QED) is 0.248. The van der Waals surface area contributed by atoms with Gasteiger partial charge in [0.15, 0.2) is 0 Å². The Morgan fingerprint density at radius 1 is 1.26 bits per heavy atom. The summed E-state index contributed by atoms with van der Waals surface area (Å²) in [5.41, 5.74) is -0.451. The number of carbonyl (C=O) groups is 3. The van der Waals surface area contributed by atoms with Crippen molar-refractivity contribution in [1.82, 2.24) is 14.5 Å². The number of nitrogens with one attached hydrogen (secondary N) is 1. The van der Waals surface area contributed by atoms with Crippen molar-refractivity contribution in [1.29, 1.82) is 0 Å². The summed E-state index contributed by atoms with van der Waals surface area (Å²) >= 11 is 0. The zero-order valence-corrected chi connectivity index (χ0v) is 20.8. The van der Waals surface area contributed by atoms with Crippen molar-refractivity contribution < 1.29 is 46.8 Å². The third-order valence-electron chi connectivity index (χ3n) is 5.23. The number of ether oxygens (including phenoxy) is 5. The van der Waals surface area contributed by atoms with Crippen LogP contribution in [0.4, 0.5) is 24.2 Å². The molecule has 1 aliphatic rings. The number of aryl methyl sites for hydroxylation is 1. The van der Waals surface area contributed by atoms with Crippen LogP contribution >= 0.6 is 0 Å². The normalized spacial score (nSPS) is 19.5. The van der Waals surface area contributed by atoms with E-state index in [4.69, 9.17) is 14.2 Å². The molecule has 2 aromatic rings. The molecular formula is C24H26F2N4O9. The molecule has 1 aliphatic heterocycles. The molecule has 2 aromatic heterocycles. The van der Waals surface area contributed by atoms with Gasteiger partial charge in [0.25, 0.3) is 0 Å². The summed E-state index contributed by atoms with van der Waals surface area (Å²) in [5, 5.41) is 2.17. The van der Waals surface area contributed by atoms with Gasteiger partial charge in [0.05, 0.1) is 6.61 Å². The lowest BCUT2D eigenvalue weighted by Gasteiger charge is -2.23. The van der Waals surface area contributed by atoms with Crippen molar-refractivity contribution in [2.24, 2.45) is 0 Å². The van der Waals surface area contributed by atoms with E-state index in [-0.39, 0.29) is 31.9 Å². The smallest absolute Gasteiger partial charge is 0.463 e. The molecule has 3 heterocycles. The molecular weight excluding hydrogens is 526 g/mol. The molecule has 0 spiro atoms. The van der Waals surface area contributed by atoms with E-state index in [1.54, 1.807) is 31.5 Å². The van der Waals surface area contributed by atoms with Crippen LogP contribution in [0.3, 0.4) is 0 Å². The van der Waals surface area contributed by atoms with E-state index in [0.29, 0.717) is 4.57 Å². The number of alkyl halides is 2. The van der Waals surface area contributed by atoms with E-state index in [9.17, 15) is 19.2 Å². The van der Waals surface area contributed by atoms with Crippen molar-refractivity contribution in [2.45, 2.75) is 44.1 Å². The zero-order chi connectivity index (χ0) is 28.4. The molecule has 210 valence electrons. The second-order valence-electron chi connectivity index (χ2n) is 7.98. The Labute approximate surface area is 220 Å². The van der Waals surface area contributed by atoms with Gasteiger partial charge >= 0.3 is 29.8 Å². The van der Waals surface area contributed by atoms with Crippen LogP contribution in [0, 0.1) is 0 Å². The summed E-state index contributed by atoms with van der Waals surface area (Å²) < 4.78 is 56.0. The Hall–Kier alpha value is -4.40. The Bertz CT molecular complexity index is 1230. The number of pyridine rings is 1. The summed E-state index contributed by atoms with van der Waals surface area (Å²) in [7, 11) is 0. The largest absolute Gasteiger partial charge is 0.509 e. The van der Waals surface area contributed by atoms with Gasteiger partial charge in [0, 0.05) is 25.0 Å². The number of esters is 1. The van der Waals surface area contributed by atoms with Crippen LogP contribution in [0.5, 0.6) is 0 Å². The van der Waals surface area contributed by atoms with E-state index >= 15 is 8.78 Å². The van der Waals surface area contributed by atoms with E-state index in [1.165, 1.54) is 6.08 Å². The van der Waals surface area contributed by atoms with Crippen LogP contribution in [0.2, 0.25) is 0 Å². The van der Waals surface area contributed by atoms with Crippen LogP contribution in [0.1, 0.15) is 25.1 Å². The molecule has 3 rings (SSSR count). The second-order valence-corrected chi connectivity index (χ2v) is 7.98. The monoisotopic (exact) mass is 552 g/mol. The minimum absolute atomic E-state index is 0.0527. The second kappa shape index (κ2) is 13.4. The number of aromatic nitrogens is 3. The first-order valence-electron chi connectivity index (χ1n) is 11.7. The molecule has 0 aliphatic carbocycles. The van der Waals surface area contributed by atoms with Crippen molar-refractivity contribution in [3.8, 4) is 0 Å². The molecule has 3 atom stereocenters. The highest BCUT2D eigenvalue weighted by atomic mass is 19.3. The average Bonchev–Trinajstić information content (AvgIpc) is 3.15. The minimum Gasteiger partial charge on any atom is -0.463 e. The van der Waals surface area contributed by atoms with E-state index in [1.807, 2.05) is 0 Å². The summed E-state index contributed by atoms with van der Waals surface area (Å²) in [6.07, 6.45) is -3.16. The topological polar surface area (TPSA) is 157 Å². The number of anilines is 1. The van der Waals surface area contributed by atoms with Crippen LogP contribution in [-0.2, 0) is 34.9 Å². The Morgan fingerprint density at radius 3 is 2.72 bits per heavy atom. The molecule has 0 radical (unpaired) electrons. The van der Waals surface area contributed by atoms with Gasteiger partial charge < -0.3 is 23.7 Å². The number of amides is 1. The zero-order valence-electron chi connectivity index (χ0n) is 20.8. The molecule has 1 amide bonds. The highest BCUT2D eigenvalue weighted by Crippen LogP contribution is 2.44. The van der Waals surface area contributed by atoms with Crippen LogP contribution in [0.25, 0.3) is 0 Å². The third kappa shape index (κ3) is 7.80. The van der Waals surface area contributed by atoms with Gasteiger partial charge in [-0.1, -0.05) is 18.7 Å². The van der Waals surface area contributed by atoms with Crippen molar-refractivity contribution in [3.63, 3.8) is 0 Å². The molecule has 0 aromatic carbocycles. The van der Waals surface area contributed by atoms with Crippen LogP contribution < -0.4 is 11.0 Å². The van der Waals surface area contributed by atoms with Gasteiger partial charge in [-0.2, -0.15) is 13.8 Å². The molecule has 0 saturated carbocycles. The predicted molar refractivity (Wildman–Crippen MR) is 128 cm³/mol. The summed E-state index contributed by atoms with van der Waals surface area (Å²) in [6.45, 7) is 3.93. The highest BCUT2D eigenvalue weighted by Gasteiger charge is 2.63. The predicted octanol–water partition coefficient (Wildman–Crippen LogP) is 2.62. The Balaban J connectivity index is 1.75. The summed E-state index contributed by atoms with van der Waals surface area (Å²) in [6, 6.07) is 4.51.